The van der Waals surface area contributed by atoms with E-state index in [1.54, 1.807) is 0 Å². The Kier molecular flexibility index (Phi) is 16.0. The molecular weight excluding hydrogens is 310 g/mol. The van der Waals surface area contributed by atoms with Gasteiger partial charge < -0.3 is 23.7 Å². The zero-order valence-electron chi connectivity index (χ0n) is 15.5. The van der Waals surface area contributed by atoms with Gasteiger partial charge in [0.1, 0.15) is 0 Å². The summed E-state index contributed by atoms with van der Waals surface area (Å²) in [4.78, 5) is 2.44. The van der Waals surface area contributed by atoms with E-state index >= 15 is 0 Å². The van der Waals surface area contributed by atoms with Crippen LogP contribution in [0.3, 0.4) is 0 Å². The maximum absolute atomic E-state index is 5.67. The fraction of sp³-hybridized carbons (Fsp3) is 1.00. The number of rotatable bonds is 5. The van der Waals surface area contributed by atoms with Gasteiger partial charge in [-0.1, -0.05) is 26.2 Å². The molecule has 0 unspecified atom stereocenters. The molecular formula is C18H37NO5. The molecule has 0 atom stereocenters. The molecule has 0 aromatic heterocycles. The Labute approximate surface area is 147 Å². The Balaban J connectivity index is 2.21. The Hall–Kier alpha value is -0.240. The standard InChI is InChI=1S/C18H37NO5/c1-2-3-4-5-6-19-7-9-20-11-13-22-15-17-24-18-16-23-14-12-21-10-8-19/h2-18H2,1H3. The summed E-state index contributed by atoms with van der Waals surface area (Å²) in [6.45, 7) is 11.7. The van der Waals surface area contributed by atoms with Crippen LogP contribution in [0.25, 0.3) is 0 Å². The second-order valence-electron chi connectivity index (χ2n) is 5.96. The third kappa shape index (κ3) is 14.1. The van der Waals surface area contributed by atoms with Crippen molar-refractivity contribution in [3.8, 4) is 0 Å². The maximum atomic E-state index is 5.67. The molecule has 144 valence electrons. The van der Waals surface area contributed by atoms with Crippen LogP contribution < -0.4 is 0 Å². The van der Waals surface area contributed by atoms with E-state index in [2.05, 4.69) is 11.8 Å². The quantitative estimate of drug-likeness (QED) is 0.709. The predicted molar refractivity (Wildman–Crippen MR) is 94.7 cm³/mol. The van der Waals surface area contributed by atoms with Gasteiger partial charge in [0, 0.05) is 13.1 Å². The van der Waals surface area contributed by atoms with Gasteiger partial charge in [-0.2, -0.15) is 0 Å². The maximum Gasteiger partial charge on any atom is 0.0701 e. The molecule has 0 spiro atoms. The molecule has 0 aromatic carbocycles. The van der Waals surface area contributed by atoms with Crippen molar-refractivity contribution in [1.82, 2.24) is 4.90 Å². The van der Waals surface area contributed by atoms with Crippen LogP contribution >= 0.6 is 0 Å². The molecule has 1 aliphatic heterocycles. The molecule has 0 bridgehead atoms. The molecule has 6 nitrogen and oxygen atoms in total. The van der Waals surface area contributed by atoms with E-state index in [0.29, 0.717) is 52.9 Å². The summed E-state index contributed by atoms with van der Waals surface area (Å²) in [5.41, 5.74) is 0. The summed E-state index contributed by atoms with van der Waals surface area (Å²) in [5.74, 6) is 0. The first-order valence-electron chi connectivity index (χ1n) is 9.54. The van der Waals surface area contributed by atoms with Gasteiger partial charge in [-0.15, -0.1) is 0 Å². The minimum Gasteiger partial charge on any atom is -0.378 e. The fourth-order valence-corrected chi connectivity index (χ4v) is 2.47. The SMILES string of the molecule is CCCCCCN1CCOCCOCCOCCOCCOCC1. The molecule has 0 amide bonds. The number of unbranched alkanes of at least 4 members (excludes halogenated alkanes) is 3. The average molecular weight is 347 g/mol. The Morgan fingerprint density at radius 3 is 1.38 bits per heavy atom. The fourth-order valence-electron chi connectivity index (χ4n) is 2.47. The van der Waals surface area contributed by atoms with Gasteiger partial charge in [-0.25, -0.2) is 0 Å². The van der Waals surface area contributed by atoms with Crippen LogP contribution in [-0.2, 0) is 23.7 Å². The number of nitrogens with zero attached hydrogens (tertiary/aromatic N) is 1. The summed E-state index contributed by atoms with van der Waals surface area (Å²) >= 11 is 0. The lowest BCUT2D eigenvalue weighted by Gasteiger charge is -2.22. The lowest BCUT2D eigenvalue weighted by molar-refractivity contribution is -0.0185. The van der Waals surface area contributed by atoms with Crippen molar-refractivity contribution in [1.29, 1.82) is 0 Å². The summed E-state index contributed by atoms with van der Waals surface area (Å²) in [6.07, 6.45) is 5.15. The highest BCUT2D eigenvalue weighted by molar-refractivity contribution is 4.58. The second kappa shape index (κ2) is 17.6. The van der Waals surface area contributed by atoms with Crippen molar-refractivity contribution < 1.29 is 23.7 Å². The number of hydrogen-bond donors (Lipinski definition) is 0. The molecule has 0 radical (unpaired) electrons. The smallest absolute Gasteiger partial charge is 0.0701 e. The third-order valence-electron chi connectivity index (χ3n) is 3.92. The lowest BCUT2D eigenvalue weighted by atomic mass is 10.2. The highest BCUT2D eigenvalue weighted by Crippen LogP contribution is 2.01. The van der Waals surface area contributed by atoms with Crippen LogP contribution in [0.4, 0.5) is 0 Å². The van der Waals surface area contributed by atoms with Crippen molar-refractivity contribution in [2.75, 3.05) is 85.7 Å². The first-order valence-corrected chi connectivity index (χ1v) is 9.54. The summed E-state index contributed by atoms with van der Waals surface area (Å²) in [6, 6.07) is 0. The van der Waals surface area contributed by atoms with E-state index in [9.17, 15) is 0 Å². The van der Waals surface area contributed by atoms with Gasteiger partial charge in [0.2, 0.25) is 0 Å². The Morgan fingerprint density at radius 2 is 0.958 bits per heavy atom. The van der Waals surface area contributed by atoms with Crippen molar-refractivity contribution >= 4 is 0 Å². The van der Waals surface area contributed by atoms with Gasteiger partial charge in [0.15, 0.2) is 0 Å². The van der Waals surface area contributed by atoms with Crippen LogP contribution in [0.1, 0.15) is 32.6 Å². The van der Waals surface area contributed by atoms with E-state index in [1.807, 2.05) is 0 Å². The molecule has 0 aromatic rings. The highest BCUT2D eigenvalue weighted by atomic mass is 16.6. The zero-order valence-corrected chi connectivity index (χ0v) is 15.5. The number of hydrogen-bond acceptors (Lipinski definition) is 6. The minimum atomic E-state index is 0.603. The first kappa shape index (κ1) is 21.8. The Bertz CT molecular complexity index is 238. The van der Waals surface area contributed by atoms with Crippen molar-refractivity contribution in [2.24, 2.45) is 0 Å². The van der Waals surface area contributed by atoms with Crippen LogP contribution in [0.15, 0.2) is 0 Å². The van der Waals surface area contributed by atoms with Crippen molar-refractivity contribution in [2.45, 2.75) is 32.6 Å². The van der Waals surface area contributed by atoms with Crippen LogP contribution in [0, 0.1) is 0 Å². The molecule has 1 fully saturated rings. The van der Waals surface area contributed by atoms with Crippen LogP contribution in [-0.4, -0.2) is 90.6 Å². The Morgan fingerprint density at radius 1 is 0.542 bits per heavy atom. The van der Waals surface area contributed by atoms with Crippen molar-refractivity contribution in [3.63, 3.8) is 0 Å². The third-order valence-corrected chi connectivity index (χ3v) is 3.92. The molecule has 0 aliphatic carbocycles. The summed E-state index contributed by atoms with van der Waals surface area (Å²) in [7, 11) is 0. The summed E-state index contributed by atoms with van der Waals surface area (Å²) in [5, 5.41) is 0. The highest BCUT2D eigenvalue weighted by Gasteiger charge is 2.05. The molecule has 1 aliphatic rings. The molecule has 1 rings (SSSR count). The molecule has 0 N–H and O–H groups in total. The normalized spacial score (nSPS) is 21.9. The molecule has 6 heteroatoms. The topological polar surface area (TPSA) is 49.4 Å². The van der Waals surface area contributed by atoms with E-state index in [1.165, 1.54) is 25.7 Å². The average Bonchev–Trinajstić information content (AvgIpc) is 2.59. The monoisotopic (exact) mass is 347 g/mol. The molecule has 24 heavy (non-hydrogen) atoms. The van der Waals surface area contributed by atoms with Gasteiger partial charge in [0.05, 0.1) is 66.1 Å². The van der Waals surface area contributed by atoms with Gasteiger partial charge in [0.25, 0.3) is 0 Å². The van der Waals surface area contributed by atoms with Gasteiger partial charge in [-0.05, 0) is 13.0 Å². The molecule has 1 saturated heterocycles. The summed E-state index contributed by atoms with van der Waals surface area (Å²) < 4.78 is 27.7. The van der Waals surface area contributed by atoms with Gasteiger partial charge >= 0.3 is 0 Å². The lowest BCUT2D eigenvalue weighted by Crippen LogP contribution is -2.32. The first-order chi connectivity index (χ1) is 11.9. The van der Waals surface area contributed by atoms with E-state index < -0.39 is 0 Å². The van der Waals surface area contributed by atoms with Crippen LogP contribution in [0.5, 0.6) is 0 Å². The second-order valence-corrected chi connectivity index (χ2v) is 5.96. The number of ether oxygens (including phenoxy) is 5. The van der Waals surface area contributed by atoms with Crippen molar-refractivity contribution in [3.05, 3.63) is 0 Å². The van der Waals surface area contributed by atoms with Crippen LogP contribution in [0.2, 0.25) is 0 Å². The van der Waals surface area contributed by atoms with E-state index in [4.69, 9.17) is 23.7 Å². The molecule has 0 saturated carbocycles. The van der Waals surface area contributed by atoms with E-state index in [0.717, 1.165) is 32.8 Å². The largest absolute Gasteiger partial charge is 0.378 e. The zero-order chi connectivity index (χ0) is 17.1. The van der Waals surface area contributed by atoms with E-state index in [-0.39, 0.29) is 0 Å². The minimum absolute atomic E-state index is 0.603. The predicted octanol–water partition coefficient (Wildman–Crippen LogP) is 1.97. The van der Waals surface area contributed by atoms with Gasteiger partial charge in [-0.3, -0.25) is 4.90 Å². The molecule has 1 heterocycles.